The van der Waals surface area contributed by atoms with Crippen molar-refractivity contribution in [2.24, 2.45) is 0 Å². The Morgan fingerprint density at radius 1 is 1.17 bits per heavy atom. The van der Waals surface area contributed by atoms with E-state index in [-0.39, 0.29) is 5.41 Å². The zero-order valence-electron chi connectivity index (χ0n) is 13.3. The molecular weight excluding hydrogens is 292 g/mol. The average molecular weight is 310 g/mol. The fraction of sp³-hybridized carbons (Fsp3) is 0.312. The molecule has 0 unspecified atom stereocenters. The highest BCUT2D eigenvalue weighted by molar-refractivity contribution is 5.77. The molecule has 118 valence electrons. The summed E-state index contributed by atoms with van der Waals surface area (Å²) in [5, 5.41) is 8.28. The van der Waals surface area contributed by atoms with E-state index < -0.39 is 6.03 Å². The van der Waals surface area contributed by atoms with Crippen molar-refractivity contribution in [1.82, 2.24) is 29.5 Å². The Morgan fingerprint density at radius 3 is 2.52 bits per heavy atom. The van der Waals surface area contributed by atoms with E-state index in [0.717, 1.165) is 10.2 Å². The second-order valence-electron chi connectivity index (χ2n) is 6.30. The summed E-state index contributed by atoms with van der Waals surface area (Å²) >= 11 is 0. The zero-order valence-corrected chi connectivity index (χ0v) is 13.3. The molecular formula is C16H18N6O. The number of carbonyl (C=O) groups is 1. The van der Waals surface area contributed by atoms with Gasteiger partial charge in [-0.25, -0.2) is 14.8 Å². The van der Waals surface area contributed by atoms with E-state index in [1.54, 1.807) is 0 Å². The Labute approximate surface area is 134 Å². The van der Waals surface area contributed by atoms with Crippen LogP contribution in [0, 0.1) is 0 Å². The maximum Gasteiger partial charge on any atom is 0.372 e. The van der Waals surface area contributed by atoms with Gasteiger partial charge in [0, 0.05) is 11.8 Å². The molecule has 0 aliphatic rings. The van der Waals surface area contributed by atoms with Crippen LogP contribution in [-0.4, -0.2) is 35.6 Å². The van der Waals surface area contributed by atoms with Gasteiger partial charge in [-0.15, -0.1) is 5.10 Å². The van der Waals surface area contributed by atoms with E-state index in [0.29, 0.717) is 18.1 Å². The van der Waals surface area contributed by atoms with Crippen LogP contribution < -0.4 is 0 Å². The molecule has 0 saturated heterocycles. The normalized spacial score (nSPS) is 11.6. The maximum absolute atomic E-state index is 12.6. The Hall–Kier alpha value is -2.83. The Morgan fingerprint density at radius 2 is 1.91 bits per heavy atom. The predicted octanol–water partition coefficient (Wildman–Crippen LogP) is 2.27. The van der Waals surface area contributed by atoms with Gasteiger partial charge in [0.1, 0.15) is 18.5 Å². The molecule has 3 rings (SSSR count). The van der Waals surface area contributed by atoms with Crippen molar-refractivity contribution in [3.05, 3.63) is 60.2 Å². The van der Waals surface area contributed by atoms with E-state index in [9.17, 15) is 4.79 Å². The summed E-state index contributed by atoms with van der Waals surface area (Å²) in [6.45, 7) is 6.04. The summed E-state index contributed by atoms with van der Waals surface area (Å²) < 4.78 is 2.46. The van der Waals surface area contributed by atoms with Crippen LogP contribution in [0.25, 0.3) is 0 Å². The molecule has 2 aromatic heterocycles. The largest absolute Gasteiger partial charge is 0.372 e. The van der Waals surface area contributed by atoms with E-state index in [1.807, 2.05) is 51.1 Å². The van der Waals surface area contributed by atoms with Crippen molar-refractivity contribution in [1.29, 1.82) is 0 Å². The van der Waals surface area contributed by atoms with E-state index >= 15 is 0 Å². The first-order valence-electron chi connectivity index (χ1n) is 7.35. The van der Waals surface area contributed by atoms with Crippen LogP contribution in [0.2, 0.25) is 0 Å². The minimum atomic E-state index is -0.392. The summed E-state index contributed by atoms with van der Waals surface area (Å²) in [7, 11) is 0. The van der Waals surface area contributed by atoms with E-state index in [4.69, 9.17) is 0 Å². The SMILES string of the molecule is CC(C)(C)c1nc(Cc2ccccc2)n(C(=O)n2cncn2)n1. The first-order valence-corrected chi connectivity index (χ1v) is 7.35. The van der Waals surface area contributed by atoms with Gasteiger partial charge in [0.05, 0.1) is 0 Å². The lowest BCUT2D eigenvalue weighted by Crippen LogP contribution is -2.24. The van der Waals surface area contributed by atoms with Crippen molar-refractivity contribution in [3.8, 4) is 0 Å². The molecule has 0 atom stereocenters. The topological polar surface area (TPSA) is 78.5 Å². The number of carbonyl (C=O) groups excluding carboxylic acids is 1. The fourth-order valence-electron chi connectivity index (χ4n) is 2.11. The van der Waals surface area contributed by atoms with Crippen molar-refractivity contribution >= 4 is 6.03 Å². The Kier molecular flexibility index (Phi) is 3.77. The highest BCUT2D eigenvalue weighted by atomic mass is 16.2. The first kappa shape index (κ1) is 15.1. The van der Waals surface area contributed by atoms with Crippen LogP contribution >= 0.6 is 0 Å². The molecule has 0 fully saturated rings. The summed E-state index contributed by atoms with van der Waals surface area (Å²) in [6.07, 6.45) is 3.19. The highest BCUT2D eigenvalue weighted by Gasteiger charge is 2.25. The summed E-state index contributed by atoms with van der Waals surface area (Å²) in [5.41, 5.74) is 0.812. The molecule has 7 nitrogen and oxygen atoms in total. The zero-order chi connectivity index (χ0) is 16.4. The third kappa shape index (κ3) is 3.18. The van der Waals surface area contributed by atoms with Gasteiger partial charge in [-0.3, -0.25) is 0 Å². The summed E-state index contributed by atoms with van der Waals surface area (Å²) in [6, 6.07) is 9.47. The quantitative estimate of drug-likeness (QED) is 0.725. The van der Waals surface area contributed by atoms with Crippen LogP contribution in [-0.2, 0) is 11.8 Å². The van der Waals surface area contributed by atoms with E-state index in [2.05, 4.69) is 20.2 Å². The molecule has 0 amide bonds. The molecule has 3 aromatic rings. The third-order valence-corrected chi connectivity index (χ3v) is 3.35. The number of rotatable bonds is 2. The van der Waals surface area contributed by atoms with Crippen LogP contribution in [0.1, 0.15) is 38.0 Å². The smallest absolute Gasteiger partial charge is 0.243 e. The Bertz CT molecular complexity index is 799. The fourth-order valence-corrected chi connectivity index (χ4v) is 2.11. The van der Waals surface area contributed by atoms with E-state index in [1.165, 1.54) is 17.3 Å². The molecule has 0 spiro atoms. The highest BCUT2D eigenvalue weighted by Crippen LogP contribution is 2.20. The van der Waals surface area contributed by atoms with Crippen molar-refractivity contribution in [2.45, 2.75) is 32.6 Å². The minimum Gasteiger partial charge on any atom is -0.243 e. The van der Waals surface area contributed by atoms with Crippen molar-refractivity contribution in [2.75, 3.05) is 0 Å². The molecule has 0 aliphatic heterocycles. The second-order valence-corrected chi connectivity index (χ2v) is 6.30. The van der Waals surface area contributed by atoms with Crippen LogP contribution in [0.5, 0.6) is 0 Å². The lowest BCUT2D eigenvalue weighted by Gasteiger charge is -2.12. The lowest BCUT2D eigenvalue weighted by atomic mass is 9.96. The standard InChI is InChI=1S/C16H18N6O/c1-16(2,3)14-19-13(9-12-7-5-4-6-8-12)22(20-14)15(23)21-11-17-10-18-21/h4-8,10-11H,9H2,1-3H3. The molecule has 0 aliphatic carbocycles. The monoisotopic (exact) mass is 310 g/mol. The molecule has 0 radical (unpaired) electrons. The van der Waals surface area contributed by atoms with Gasteiger partial charge in [-0.05, 0) is 5.56 Å². The van der Waals surface area contributed by atoms with Gasteiger partial charge in [-0.2, -0.15) is 14.5 Å². The van der Waals surface area contributed by atoms with Gasteiger partial charge in [-0.1, -0.05) is 51.1 Å². The van der Waals surface area contributed by atoms with Crippen molar-refractivity contribution in [3.63, 3.8) is 0 Å². The number of hydrogen-bond donors (Lipinski definition) is 0. The second kappa shape index (κ2) is 5.75. The van der Waals surface area contributed by atoms with Gasteiger partial charge >= 0.3 is 6.03 Å². The number of nitrogens with zero attached hydrogens (tertiary/aromatic N) is 6. The lowest BCUT2D eigenvalue weighted by molar-refractivity contribution is 0.237. The molecule has 0 saturated carbocycles. The molecule has 0 bridgehead atoms. The van der Waals surface area contributed by atoms with Crippen LogP contribution in [0.4, 0.5) is 4.79 Å². The number of benzene rings is 1. The summed E-state index contributed by atoms with van der Waals surface area (Å²) in [4.78, 5) is 21.0. The summed E-state index contributed by atoms with van der Waals surface area (Å²) in [5.74, 6) is 1.21. The molecule has 0 N–H and O–H groups in total. The van der Waals surface area contributed by atoms with Gasteiger partial charge < -0.3 is 0 Å². The number of aromatic nitrogens is 6. The molecule has 23 heavy (non-hydrogen) atoms. The molecule has 7 heteroatoms. The average Bonchev–Trinajstić information content (AvgIpc) is 3.16. The minimum absolute atomic E-state index is 0.251. The third-order valence-electron chi connectivity index (χ3n) is 3.35. The van der Waals surface area contributed by atoms with Gasteiger partial charge in [0.25, 0.3) is 0 Å². The maximum atomic E-state index is 12.6. The van der Waals surface area contributed by atoms with Crippen LogP contribution in [0.15, 0.2) is 43.0 Å². The van der Waals surface area contributed by atoms with Crippen molar-refractivity contribution < 1.29 is 4.79 Å². The van der Waals surface area contributed by atoms with Gasteiger partial charge in [0.2, 0.25) is 0 Å². The first-order chi connectivity index (χ1) is 10.9. The molecule has 2 heterocycles. The molecule has 1 aromatic carbocycles. The Balaban J connectivity index is 2.02. The number of hydrogen-bond acceptors (Lipinski definition) is 5. The van der Waals surface area contributed by atoms with Gasteiger partial charge in [0.15, 0.2) is 5.82 Å². The predicted molar refractivity (Wildman–Crippen MR) is 84.2 cm³/mol. The van der Waals surface area contributed by atoms with Crippen LogP contribution in [0.3, 0.4) is 0 Å².